The van der Waals surface area contributed by atoms with Crippen LogP contribution in [0.4, 0.5) is 4.79 Å². The van der Waals surface area contributed by atoms with Crippen molar-refractivity contribution in [1.82, 2.24) is 9.88 Å². The third-order valence-corrected chi connectivity index (χ3v) is 4.74. The predicted octanol–water partition coefficient (Wildman–Crippen LogP) is 3.26. The number of aryl methyl sites for hydroxylation is 1. The van der Waals surface area contributed by atoms with E-state index in [1.54, 1.807) is 11.8 Å². The minimum absolute atomic E-state index is 0.0815. The van der Waals surface area contributed by atoms with Crippen LogP contribution in [0.15, 0.2) is 0 Å². The molecule has 1 aromatic rings. The van der Waals surface area contributed by atoms with Crippen molar-refractivity contribution in [2.75, 3.05) is 13.1 Å². The van der Waals surface area contributed by atoms with Crippen LogP contribution >= 0.6 is 11.3 Å². The van der Waals surface area contributed by atoms with E-state index in [9.17, 15) is 9.59 Å². The molecule has 0 spiro atoms. The van der Waals surface area contributed by atoms with Gasteiger partial charge in [0, 0.05) is 19.0 Å². The van der Waals surface area contributed by atoms with Gasteiger partial charge in [0.15, 0.2) is 0 Å². The second-order valence-electron chi connectivity index (χ2n) is 6.54. The number of aromatic carboxylic acids is 1. The number of carboxylic acids is 1. The third-order valence-electron chi connectivity index (χ3n) is 3.43. The Kier molecular flexibility index (Phi) is 4.75. The van der Waals surface area contributed by atoms with Crippen molar-refractivity contribution in [3.63, 3.8) is 0 Å². The first-order valence-electron chi connectivity index (χ1n) is 7.36. The first kappa shape index (κ1) is 16.7. The Morgan fingerprint density at radius 3 is 2.64 bits per heavy atom. The number of carboxylic acid groups (broad SMARTS) is 1. The van der Waals surface area contributed by atoms with Gasteiger partial charge in [-0.1, -0.05) is 0 Å². The van der Waals surface area contributed by atoms with E-state index < -0.39 is 11.6 Å². The number of carbonyl (C=O) groups excluding carboxylic acids is 1. The Morgan fingerprint density at radius 2 is 2.09 bits per heavy atom. The standard InChI is InChI=1S/C15H22N2O4S/c1-9-11(13(18)19)22-12(16-9)10-6-5-7-17(8-10)14(20)21-15(2,3)4/h10H,5-8H2,1-4H3,(H,18,19)/t10-/m0/s1. The Balaban J connectivity index is 2.09. The Bertz CT molecular complexity index is 577. The maximum absolute atomic E-state index is 12.2. The number of hydrogen-bond acceptors (Lipinski definition) is 5. The second-order valence-corrected chi connectivity index (χ2v) is 7.57. The molecule has 122 valence electrons. The molecule has 6 nitrogen and oxygen atoms in total. The highest BCUT2D eigenvalue weighted by molar-refractivity contribution is 7.13. The maximum atomic E-state index is 12.2. The van der Waals surface area contributed by atoms with E-state index >= 15 is 0 Å². The summed E-state index contributed by atoms with van der Waals surface area (Å²) in [5.41, 5.74) is 0.0278. The molecular formula is C15H22N2O4S. The number of piperidine rings is 1. The smallest absolute Gasteiger partial charge is 0.410 e. The van der Waals surface area contributed by atoms with Crippen molar-refractivity contribution < 1.29 is 19.4 Å². The van der Waals surface area contributed by atoms with Crippen LogP contribution in [0.25, 0.3) is 0 Å². The van der Waals surface area contributed by atoms with Crippen LogP contribution in [-0.2, 0) is 4.74 Å². The zero-order valence-electron chi connectivity index (χ0n) is 13.4. The van der Waals surface area contributed by atoms with Crippen molar-refractivity contribution in [2.45, 2.75) is 52.1 Å². The van der Waals surface area contributed by atoms with Crippen molar-refractivity contribution in [2.24, 2.45) is 0 Å². The van der Waals surface area contributed by atoms with Crippen LogP contribution in [-0.4, -0.2) is 45.7 Å². The van der Waals surface area contributed by atoms with E-state index in [0.717, 1.165) is 17.8 Å². The molecule has 1 amide bonds. The molecule has 2 heterocycles. The summed E-state index contributed by atoms with van der Waals surface area (Å²) in [4.78, 5) is 29.7. The average molecular weight is 326 g/mol. The van der Waals surface area contributed by atoms with E-state index in [1.165, 1.54) is 11.3 Å². The van der Waals surface area contributed by atoms with Gasteiger partial charge < -0.3 is 14.7 Å². The number of nitrogens with zero attached hydrogens (tertiary/aromatic N) is 2. The van der Waals surface area contributed by atoms with Gasteiger partial charge in [-0.25, -0.2) is 14.6 Å². The molecule has 0 aromatic carbocycles. The number of ether oxygens (including phenoxy) is 1. The van der Waals surface area contributed by atoms with Crippen LogP contribution in [0.5, 0.6) is 0 Å². The predicted molar refractivity (Wildman–Crippen MR) is 83.6 cm³/mol. The molecule has 1 aliphatic rings. The SMILES string of the molecule is Cc1nc([C@H]2CCCN(C(=O)OC(C)(C)C)C2)sc1C(=O)O. The number of rotatable bonds is 2. The van der Waals surface area contributed by atoms with Crippen molar-refractivity contribution in [1.29, 1.82) is 0 Å². The molecule has 1 aliphatic heterocycles. The summed E-state index contributed by atoms with van der Waals surface area (Å²) in [5.74, 6) is -0.862. The fraction of sp³-hybridized carbons (Fsp3) is 0.667. The van der Waals surface area contributed by atoms with Crippen molar-refractivity contribution in [3.8, 4) is 0 Å². The highest BCUT2D eigenvalue weighted by Gasteiger charge is 2.30. The molecule has 2 rings (SSSR count). The van der Waals surface area contributed by atoms with Gasteiger partial charge in [0.2, 0.25) is 0 Å². The van der Waals surface area contributed by atoms with E-state index in [0.29, 0.717) is 18.8 Å². The molecule has 1 N–H and O–H groups in total. The number of likely N-dealkylation sites (tertiary alicyclic amines) is 1. The van der Waals surface area contributed by atoms with E-state index in [-0.39, 0.29) is 16.9 Å². The first-order chi connectivity index (χ1) is 10.2. The fourth-order valence-electron chi connectivity index (χ4n) is 2.46. The van der Waals surface area contributed by atoms with Crippen molar-refractivity contribution in [3.05, 3.63) is 15.6 Å². The minimum Gasteiger partial charge on any atom is -0.477 e. The van der Waals surface area contributed by atoms with Crippen LogP contribution < -0.4 is 0 Å². The highest BCUT2D eigenvalue weighted by Crippen LogP contribution is 2.32. The fourth-order valence-corrected chi connectivity index (χ4v) is 3.49. The summed E-state index contributed by atoms with van der Waals surface area (Å²) in [6.45, 7) is 8.43. The summed E-state index contributed by atoms with van der Waals surface area (Å²) in [6, 6.07) is 0. The summed E-state index contributed by atoms with van der Waals surface area (Å²) < 4.78 is 5.40. The van der Waals surface area contributed by atoms with Gasteiger partial charge in [-0.05, 0) is 40.5 Å². The average Bonchev–Trinajstić information content (AvgIpc) is 2.79. The molecule has 0 bridgehead atoms. The number of carbonyl (C=O) groups is 2. The summed E-state index contributed by atoms with van der Waals surface area (Å²) in [7, 11) is 0. The molecule has 0 unspecified atom stereocenters. The van der Waals surface area contributed by atoms with Gasteiger partial charge in [0.05, 0.1) is 10.7 Å². The molecule has 1 fully saturated rings. The molecule has 0 saturated carbocycles. The third kappa shape index (κ3) is 3.97. The zero-order chi connectivity index (χ0) is 16.5. The summed E-state index contributed by atoms with van der Waals surface area (Å²) >= 11 is 1.21. The summed E-state index contributed by atoms with van der Waals surface area (Å²) in [6.07, 6.45) is 1.46. The first-order valence-corrected chi connectivity index (χ1v) is 8.17. The van der Waals surface area contributed by atoms with Crippen LogP contribution in [0, 0.1) is 6.92 Å². The van der Waals surface area contributed by atoms with E-state index in [1.807, 2.05) is 20.8 Å². The Morgan fingerprint density at radius 1 is 1.41 bits per heavy atom. The number of thiazole rings is 1. The van der Waals surface area contributed by atoms with Gasteiger partial charge >= 0.3 is 12.1 Å². The highest BCUT2D eigenvalue weighted by atomic mass is 32.1. The van der Waals surface area contributed by atoms with Gasteiger partial charge in [0.25, 0.3) is 0 Å². The lowest BCUT2D eigenvalue weighted by Gasteiger charge is -2.33. The van der Waals surface area contributed by atoms with Gasteiger partial charge in [-0.2, -0.15) is 0 Å². The van der Waals surface area contributed by atoms with Crippen LogP contribution in [0.2, 0.25) is 0 Å². The van der Waals surface area contributed by atoms with Gasteiger partial charge in [-0.3, -0.25) is 0 Å². The lowest BCUT2D eigenvalue weighted by atomic mass is 9.99. The molecule has 1 aromatic heterocycles. The molecule has 1 saturated heterocycles. The molecule has 0 aliphatic carbocycles. The quantitative estimate of drug-likeness (QED) is 0.902. The molecule has 0 radical (unpaired) electrons. The number of aromatic nitrogens is 1. The second kappa shape index (κ2) is 6.24. The minimum atomic E-state index is -0.943. The van der Waals surface area contributed by atoms with Gasteiger partial charge in [-0.15, -0.1) is 11.3 Å². The molecular weight excluding hydrogens is 304 g/mol. The molecule has 22 heavy (non-hydrogen) atoms. The largest absolute Gasteiger partial charge is 0.477 e. The lowest BCUT2D eigenvalue weighted by Crippen LogP contribution is -2.42. The van der Waals surface area contributed by atoms with Crippen molar-refractivity contribution >= 4 is 23.4 Å². The van der Waals surface area contributed by atoms with E-state index in [2.05, 4.69) is 4.98 Å². The summed E-state index contributed by atoms with van der Waals surface area (Å²) in [5, 5.41) is 9.93. The van der Waals surface area contributed by atoms with Crippen LogP contribution in [0.1, 0.15) is 59.9 Å². The topological polar surface area (TPSA) is 79.7 Å². The lowest BCUT2D eigenvalue weighted by molar-refractivity contribution is 0.0198. The normalized spacial score (nSPS) is 19.1. The number of hydrogen-bond donors (Lipinski definition) is 1. The maximum Gasteiger partial charge on any atom is 0.410 e. The Labute approximate surface area is 134 Å². The Hall–Kier alpha value is -1.63. The zero-order valence-corrected chi connectivity index (χ0v) is 14.2. The molecule has 7 heteroatoms. The number of amides is 1. The van der Waals surface area contributed by atoms with E-state index in [4.69, 9.17) is 9.84 Å². The monoisotopic (exact) mass is 326 g/mol. The molecule has 1 atom stereocenters. The van der Waals surface area contributed by atoms with Crippen LogP contribution in [0.3, 0.4) is 0 Å². The van der Waals surface area contributed by atoms with Gasteiger partial charge in [0.1, 0.15) is 10.5 Å².